The van der Waals surface area contributed by atoms with Gasteiger partial charge in [-0.05, 0) is 38.0 Å². The quantitative estimate of drug-likeness (QED) is 0.815. The van der Waals surface area contributed by atoms with Gasteiger partial charge in [-0.2, -0.15) is 0 Å². The molecule has 0 aliphatic rings. The fourth-order valence-corrected chi connectivity index (χ4v) is 1.85. The Bertz CT molecular complexity index is 414. The van der Waals surface area contributed by atoms with E-state index in [9.17, 15) is 4.79 Å². The highest BCUT2D eigenvalue weighted by Gasteiger charge is 2.19. The summed E-state index contributed by atoms with van der Waals surface area (Å²) in [6.45, 7) is 5.78. The number of aryl methyl sites for hydroxylation is 1. The lowest BCUT2D eigenvalue weighted by molar-refractivity contribution is -0.117. The molecule has 100 valence electrons. The predicted octanol–water partition coefficient (Wildman–Crippen LogP) is 2.04. The van der Waals surface area contributed by atoms with Gasteiger partial charge in [0, 0.05) is 19.8 Å². The molecule has 1 rings (SSSR count). The monoisotopic (exact) mass is 251 g/mol. The molecule has 4 nitrogen and oxygen atoms in total. The van der Waals surface area contributed by atoms with E-state index in [-0.39, 0.29) is 11.9 Å². The van der Waals surface area contributed by atoms with Crippen molar-refractivity contribution >= 4 is 5.91 Å². The molecular formula is C14H21NO3. The summed E-state index contributed by atoms with van der Waals surface area (Å²) in [5, 5.41) is 2.88. The SMILES string of the molecule is COC(OC)C(C)NC(=O)c1cccc(C)c1C. The molecule has 4 heteroatoms. The maximum atomic E-state index is 12.1. The lowest BCUT2D eigenvalue weighted by Crippen LogP contribution is -2.43. The van der Waals surface area contributed by atoms with Crippen molar-refractivity contribution in [1.82, 2.24) is 5.32 Å². The number of methoxy groups -OCH3 is 2. The van der Waals surface area contributed by atoms with E-state index in [1.807, 2.05) is 39.0 Å². The second-order valence-corrected chi connectivity index (χ2v) is 4.35. The number of carbonyl (C=O) groups is 1. The molecular weight excluding hydrogens is 230 g/mol. The third-order valence-electron chi connectivity index (χ3n) is 3.08. The van der Waals surface area contributed by atoms with Crippen molar-refractivity contribution < 1.29 is 14.3 Å². The molecule has 0 aliphatic heterocycles. The Labute approximate surface area is 108 Å². The number of carbonyl (C=O) groups excluding carboxylic acids is 1. The molecule has 1 aromatic rings. The van der Waals surface area contributed by atoms with E-state index >= 15 is 0 Å². The lowest BCUT2D eigenvalue weighted by atomic mass is 10.0. The second-order valence-electron chi connectivity index (χ2n) is 4.35. The third kappa shape index (κ3) is 3.31. The zero-order valence-electron chi connectivity index (χ0n) is 11.6. The first-order valence-corrected chi connectivity index (χ1v) is 5.94. The fraction of sp³-hybridized carbons (Fsp3) is 0.500. The van der Waals surface area contributed by atoms with Gasteiger partial charge in [0.15, 0.2) is 6.29 Å². The van der Waals surface area contributed by atoms with E-state index in [1.54, 1.807) is 14.2 Å². The van der Waals surface area contributed by atoms with Crippen molar-refractivity contribution in [2.75, 3.05) is 14.2 Å². The van der Waals surface area contributed by atoms with Crippen molar-refractivity contribution in [3.8, 4) is 0 Å². The van der Waals surface area contributed by atoms with E-state index < -0.39 is 6.29 Å². The Kier molecular flexibility index (Phi) is 5.31. The highest BCUT2D eigenvalue weighted by Crippen LogP contribution is 2.13. The van der Waals surface area contributed by atoms with Crippen LogP contribution >= 0.6 is 0 Å². The number of hydrogen-bond donors (Lipinski definition) is 1. The molecule has 0 saturated carbocycles. The zero-order chi connectivity index (χ0) is 13.7. The number of ether oxygens (including phenoxy) is 2. The van der Waals surface area contributed by atoms with Gasteiger partial charge in [-0.3, -0.25) is 4.79 Å². The fourth-order valence-electron chi connectivity index (χ4n) is 1.85. The standard InChI is InChI=1S/C14H21NO3/c1-9-7-6-8-12(10(9)2)13(16)15-11(3)14(17-4)18-5/h6-8,11,14H,1-5H3,(H,15,16). The average molecular weight is 251 g/mol. The van der Waals surface area contributed by atoms with E-state index in [0.717, 1.165) is 11.1 Å². The number of rotatable bonds is 5. The first-order chi connectivity index (χ1) is 8.51. The van der Waals surface area contributed by atoms with Crippen LogP contribution in [-0.2, 0) is 9.47 Å². The minimum absolute atomic E-state index is 0.109. The van der Waals surface area contributed by atoms with Crippen molar-refractivity contribution in [2.45, 2.75) is 33.1 Å². The Morgan fingerprint density at radius 3 is 2.39 bits per heavy atom. The van der Waals surface area contributed by atoms with Gasteiger partial charge in [0.05, 0.1) is 6.04 Å². The summed E-state index contributed by atoms with van der Waals surface area (Å²) in [5.41, 5.74) is 2.78. The number of nitrogens with one attached hydrogen (secondary N) is 1. The normalized spacial score (nSPS) is 12.6. The van der Waals surface area contributed by atoms with Crippen LogP contribution in [0.4, 0.5) is 0 Å². The van der Waals surface area contributed by atoms with E-state index in [4.69, 9.17) is 9.47 Å². The van der Waals surface area contributed by atoms with Crippen LogP contribution in [0, 0.1) is 13.8 Å². The Hall–Kier alpha value is -1.39. The molecule has 0 aromatic heterocycles. The van der Waals surface area contributed by atoms with Gasteiger partial charge in [0.1, 0.15) is 0 Å². The summed E-state index contributed by atoms with van der Waals surface area (Å²) < 4.78 is 10.2. The van der Waals surface area contributed by atoms with Crippen LogP contribution in [0.1, 0.15) is 28.4 Å². The molecule has 0 spiro atoms. The minimum Gasteiger partial charge on any atom is -0.354 e. The Balaban J connectivity index is 2.79. The summed E-state index contributed by atoms with van der Waals surface area (Å²) in [4.78, 5) is 12.1. The van der Waals surface area contributed by atoms with Crippen LogP contribution in [-0.4, -0.2) is 32.5 Å². The molecule has 0 saturated heterocycles. The summed E-state index contributed by atoms with van der Waals surface area (Å²) >= 11 is 0. The summed E-state index contributed by atoms with van der Waals surface area (Å²) in [7, 11) is 3.10. The molecule has 1 unspecified atom stereocenters. The summed E-state index contributed by atoms with van der Waals surface area (Å²) in [6, 6.07) is 5.47. The predicted molar refractivity (Wildman–Crippen MR) is 70.7 cm³/mol. The number of amides is 1. The molecule has 18 heavy (non-hydrogen) atoms. The molecule has 0 aliphatic carbocycles. The zero-order valence-corrected chi connectivity index (χ0v) is 11.6. The van der Waals surface area contributed by atoms with Crippen LogP contribution in [0.3, 0.4) is 0 Å². The molecule has 0 bridgehead atoms. The van der Waals surface area contributed by atoms with Gasteiger partial charge in [0.25, 0.3) is 5.91 Å². The molecule has 1 aromatic carbocycles. The van der Waals surface area contributed by atoms with Crippen molar-refractivity contribution in [3.63, 3.8) is 0 Å². The van der Waals surface area contributed by atoms with Gasteiger partial charge in [-0.1, -0.05) is 12.1 Å². The summed E-state index contributed by atoms with van der Waals surface area (Å²) in [5.74, 6) is -0.109. The largest absolute Gasteiger partial charge is 0.354 e. The van der Waals surface area contributed by atoms with Crippen LogP contribution < -0.4 is 5.32 Å². The van der Waals surface area contributed by atoms with Crippen LogP contribution in [0.5, 0.6) is 0 Å². The van der Waals surface area contributed by atoms with Crippen LogP contribution in [0.15, 0.2) is 18.2 Å². The van der Waals surface area contributed by atoms with Crippen LogP contribution in [0.2, 0.25) is 0 Å². The molecule has 1 N–H and O–H groups in total. The van der Waals surface area contributed by atoms with E-state index in [2.05, 4.69) is 5.32 Å². The van der Waals surface area contributed by atoms with Gasteiger partial charge in [-0.25, -0.2) is 0 Å². The van der Waals surface area contributed by atoms with E-state index in [0.29, 0.717) is 5.56 Å². The molecule has 1 amide bonds. The van der Waals surface area contributed by atoms with Crippen molar-refractivity contribution in [2.24, 2.45) is 0 Å². The van der Waals surface area contributed by atoms with Crippen molar-refractivity contribution in [1.29, 1.82) is 0 Å². The van der Waals surface area contributed by atoms with Gasteiger partial charge >= 0.3 is 0 Å². The first-order valence-electron chi connectivity index (χ1n) is 5.94. The number of hydrogen-bond acceptors (Lipinski definition) is 3. The second kappa shape index (κ2) is 6.52. The smallest absolute Gasteiger partial charge is 0.251 e. The molecule has 0 heterocycles. The molecule has 1 atom stereocenters. The Morgan fingerprint density at radius 2 is 1.83 bits per heavy atom. The van der Waals surface area contributed by atoms with Gasteiger partial charge in [0.2, 0.25) is 0 Å². The topological polar surface area (TPSA) is 47.6 Å². The van der Waals surface area contributed by atoms with Gasteiger partial charge in [-0.15, -0.1) is 0 Å². The number of benzene rings is 1. The third-order valence-corrected chi connectivity index (χ3v) is 3.08. The maximum absolute atomic E-state index is 12.1. The maximum Gasteiger partial charge on any atom is 0.251 e. The van der Waals surface area contributed by atoms with Gasteiger partial charge < -0.3 is 14.8 Å². The van der Waals surface area contributed by atoms with E-state index in [1.165, 1.54) is 0 Å². The summed E-state index contributed by atoms with van der Waals surface area (Å²) in [6.07, 6.45) is -0.445. The van der Waals surface area contributed by atoms with Crippen LogP contribution in [0.25, 0.3) is 0 Å². The average Bonchev–Trinajstić information content (AvgIpc) is 2.34. The molecule has 0 radical (unpaired) electrons. The lowest BCUT2D eigenvalue weighted by Gasteiger charge is -2.22. The minimum atomic E-state index is -0.445. The Morgan fingerprint density at radius 1 is 1.22 bits per heavy atom. The van der Waals surface area contributed by atoms with Crippen molar-refractivity contribution in [3.05, 3.63) is 34.9 Å². The highest BCUT2D eigenvalue weighted by molar-refractivity contribution is 5.96. The first kappa shape index (κ1) is 14.7. The molecule has 0 fully saturated rings. The highest BCUT2D eigenvalue weighted by atomic mass is 16.7.